The number of nitrogens with zero attached hydrogens (tertiary/aromatic N) is 4. The normalized spacial score (nSPS) is 10.7. The van der Waals surface area contributed by atoms with Crippen molar-refractivity contribution in [2.24, 2.45) is 0 Å². The fourth-order valence-corrected chi connectivity index (χ4v) is 3.89. The molecule has 5 aromatic rings. The minimum Gasteiger partial charge on any atom is -0.255 e. The molecule has 3 aromatic heterocycles. The van der Waals surface area contributed by atoms with Crippen LogP contribution in [-0.2, 0) is 0 Å². The summed E-state index contributed by atoms with van der Waals surface area (Å²) in [6, 6.07) is 18.4. The summed E-state index contributed by atoms with van der Waals surface area (Å²) in [6.07, 6.45) is 7.30. The standard InChI is InChI=1S/C12H8BrN3.C9H5BrIN/c13-10-6-9-2-3-11(7-12(9)14-8-10)16-5-1-4-15-16;10-7-3-6-1-2-8(11)4-9(6)12-5-7/h1-8H;1-5H. The highest BCUT2D eigenvalue weighted by Gasteiger charge is 2.00. The van der Waals surface area contributed by atoms with Crippen LogP contribution < -0.4 is 0 Å². The number of pyridine rings is 2. The molecule has 0 bridgehead atoms. The zero-order valence-electron chi connectivity index (χ0n) is 14.4. The van der Waals surface area contributed by atoms with E-state index in [0.717, 1.165) is 31.1 Å². The summed E-state index contributed by atoms with van der Waals surface area (Å²) in [6.45, 7) is 0. The number of halogens is 3. The molecule has 2 aromatic carbocycles. The van der Waals surface area contributed by atoms with Crippen LogP contribution in [0.3, 0.4) is 0 Å². The molecule has 4 nitrogen and oxygen atoms in total. The van der Waals surface area contributed by atoms with Gasteiger partial charge in [0.05, 0.1) is 16.7 Å². The molecular formula is C21H13Br2IN4. The summed E-state index contributed by atoms with van der Waals surface area (Å²) in [5.74, 6) is 0. The smallest absolute Gasteiger partial charge is 0.0724 e. The van der Waals surface area contributed by atoms with Crippen molar-refractivity contribution in [3.63, 3.8) is 0 Å². The molecule has 0 spiro atoms. The molecular weight excluding hydrogens is 595 g/mol. The Morgan fingerprint density at radius 2 is 1.43 bits per heavy atom. The first-order valence-corrected chi connectivity index (χ1v) is 11.0. The largest absolute Gasteiger partial charge is 0.255 e. The Labute approximate surface area is 192 Å². The van der Waals surface area contributed by atoms with Gasteiger partial charge in [0.25, 0.3) is 0 Å². The van der Waals surface area contributed by atoms with Gasteiger partial charge in [-0.15, -0.1) is 0 Å². The van der Waals surface area contributed by atoms with Gasteiger partial charge in [-0.2, -0.15) is 5.10 Å². The molecule has 0 aliphatic heterocycles. The van der Waals surface area contributed by atoms with Crippen molar-refractivity contribution >= 4 is 76.3 Å². The first-order chi connectivity index (χ1) is 13.6. The lowest BCUT2D eigenvalue weighted by Crippen LogP contribution is -1.94. The van der Waals surface area contributed by atoms with Crippen LogP contribution >= 0.6 is 54.5 Å². The molecule has 0 unspecified atom stereocenters. The Bertz CT molecular complexity index is 1210. The van der Waals surface area contributed by atoms with Gasteiger partial charge in [-0.1, -0.05) is 12.1 Å². The molecule has 7 heteroatoms. The molecule has 0 atom stereocenters. The molecule has 5 rings (SSSR count). The van der Waals surface area contributed by atoms with E-state index >= 15 is 0 Å². The molecule has 3 heterocycles. The number of hydrogen-bond acceptors (Lipinski definition) is 3. The van der Waals surface area contributed by atoms with Crippen molar-refractivity contribution in [2.45, 2.75) is 0 Å². The summed E-state index contributed by atoms with van der Waals surface area (Å²) in [4.78, 5) is 8.65. The van der Waals surface area contributed by atoms with Crippen LogP contribution in [0, 0.1) is 3.57 Å². The van der Waals surface area contributed by atoms with E-state index in [1.165, 1.54) is 8.96 Å². The van der Waals surface area contributed by atoms with Crippen molar-refractivity contribution in [1.82, 2.24) is 19.7 Å². The van der Waals surface area contributed by atoms with Gasteiger partial charge in [0.2, 0.25) is 0 Å². The zero-order valence-corrected chi connectivity index (χ0v) is 19.8. The van der Waals surface area contributed by atoms with Crippen molar-refractivity contribution in [3.8, 4) is 5.69 Å². The number of aromatic nitrogens is 4. The van der Waals surface area contributed by atoms with Gasteiger partial charge in [0.15, 0.2) is 0 Å². The Morgan fingerprint density at radius 3 is 2.07 bits per heavy atom. The van der Waals surface area contributed by atoms with E-state index in [1.807, 2.05) is 41.3 Å². The van der Waals surface area contributed by atoms with E-state index in [9.17, 15) is 0 Å². The number of hydrogen-bond donors (Lipinski definition) is 0. The average Bonchev–Trinajstić information content (AvgIpc) is 3.23. The SMILES string of the molecule is Brc1cnc2cc(-n3cccn3)ccc2c1.Brc1cnc2cc(I)ccc2c1. The molecule has 0 fully saturated rings. The van der Waals surface area contributed by atoms with E-state index in [1.54, 1.807) is 12.4 Å². The highest BCUT2D eigenvalue weighted by Crippen LogP contribution is 2.20. The molecule has 0 N–H and O–H groups in total. The van der Waals surface area contributed by atoms with Gasteiger partial charge in [0.1, 0.15) is 0 Å². The Kier molecular flexibility index (Phi) is 6.03. The minimum atomic E-state index is 0.969. The molecule has 138 valence electrons. The Balaban J connectivity index is 0.000000143. The monoisotopic (exact) mass is 606 g/mol. The maximum Gasteiger partial charge on any atom is 0.0724 e. The summed E-state index contributed by atoms with van der Waals surface area (Å²) >= 11 is 9.08. The van der Waals surface area contributed by atoms with Crippen molar-refractivity contribution < 1.29 is 0 Å². The average molecular weight is 608 g/mol. The van der Waals surface area contributed by atoms with Gasteiger partial charge in [-0.3, -0.25) is 9.97 Å². The van der Waals surface area contributed by atoms with Crippen molar-refractivity contribution in [3.05, 3.63) is 91.9 Å². The van der Waals surface area contributed by atoms with Crippen LogP contribution in [0.1, 0.15) is 0 Å². The van der Waals surface area contributed by atoms with E-state index in [0.29, 0.717) is 0 Å². The lowest BCUT2D eigenvalue weighted by molar-refractivity contribution is 0.881. The second kappa shape index (κ2) is 8.67. The van der Waals surface area contributed by atoms with E-state index in [-0.39, 0.29) is 0 Å². The summed E-state index contributed by atoms with van der Waals surface area (Å²) in [7, 11) is 0. The van der Waals surface area contributed by atoms with Gasteiger partial charge < -0.3 is 0 Å². The van der Waals surface area contributed by atoms with Crippen molar-refractivity contribution in [1.29, 1.82) is 0 Å². The fourth-order valence-electron chi connectivity index (χ4n) is 2.71. The maximum absolute atomic E-state index is 4.36. The summed E-state index contributed by atoms with van der Waals surface area (Å²) in [5.41, 5.74) is 3.04. The van der Waals surface area contributed by atoms with Gasteiger partial charge in [0, 0.05) is 48.1 Å². The molecule has 0 saturated heterocycles. The predicted molar refractivity (Wildman–Crippen MR) is 129 cm³/mol. The number of rotatable bonds is 1. The first kappa shape index (κ1) is 19.5. The predicted octanol–water partition coefficient (Wildman–Crippen LogP) is 6.78. The van der Waals surface area contributed by atoms with Crippen LogP contribution in [-0.4, -0.2) is 19.7 Å². The van der Waals surface area contributed by atoms with Gasteiger partial charge >= 0.3 is 0 Å². The molecule has 0 radical (unpaired) electrons. The molecule has 28 heavy (non-hydrogen) atoms. The quantitative estimate of drug-likeness (QED) is 0.197. The van der Waals surface area contributed by atoms with Crippen LogP contribution in [0.15, 0.2) is 88.3 Å². The lowest BCUT2D eigenvalue weighted by atomic mass is 10.2. The van der Waals surface area contributed by atoms with Crippen LogP contribution in [0.5, 0.6) is 0 Å². The Morgan fingerprint density at radius 1 is 0.786 bits per heavy atom. The third-order valence-corrected chi connectivity index (χ3v) is 5.55. The van der Waals surface area contributed by atoms with Gasteiger partial charge in [-0.05, 0) is 96.9 Å². The second-order valence-electron chi connectivity index (χ2n) is 5.97. The topological polar surface area (TPSA) is 43.6 Å². The fraction of sp³-hybridized carbons (Fsp3) is 0. The zero-order chi connectivity index (χ0) is 19.5. The second-order valence-corrected chi connectivity index (χ2v) is 9.05. The molecule has 0 amide bonds. The molecule has 0 aliphatic carbocycles. The van der Waals surface area contributed by atoms with Crippen LogP contribution in [0.4, 0.5) is 0 Å². The van der Waals surface area contributed by atoms with E-state index in [2.05, 4.69) is 99.8 Å². The van der Waals surface area contributed by atoms with Crippen LogP contribution in [0.2, 0.25) is 0 Å². The summed E-state index contributed by atoms with van der Waals surface area (Å²) in [5, 5.41) is 6.48. The minimum absolute atomic E-state index is 0.969. The number of fused-ring (bicyclic) bond motifs is 2. The van der Waals surface area contributed by atoms with E-state index in [4.69, 9.17) is 0 Å². The van der Waals surface area contributed by atoms with E-state index < -0.39 is 0 Å². The van der Waals surface area contributed by atoms with Crippen molar-refractivity contribution in [2.75, 3.05) is 0 Å². The molecule has 0 saturated carbocycles. The Hall–Kier alpha value is -1.84. The highest BCUT2D eigenvalue weighted by molar-refractivity contribution is 14.1. The highest BCUT2D eigenvalue weighted by atomic mass is 127. The van der Waals surface area contributed by atoms with Crippen LogP contribution in [0.25, 0.3) is 27.5 Å². The summed E-state index contributed by atoms with van der Waals surface area (Å²) < 4.78 is 5.06. The third-order valence-electron chi connectivity index (χ3n) is 4.02. The number of benzene rings is 2. The third kappa shape index (κ3) is 4.59. The maximum atomic E-state index is 4.36. The first-order valence-electron chi connectivity index (χ1n) is 8.35. The lowest BCUT2D eigenvalue weighted by Gasteiger charge is -2.03. The molecule has 0 aliphatic rings. The van der Waals surface area contributed by atoms with Gasteiger partial charge in [-0.25, -0.2) is 4.68 Å².